The molecular weight excluding hydrogens is 372 g/mol. The summed E-state index contributed by atoms with van der Waals surface area (Å²) in [4.78, 5) is 24.3. The molecule has 1 fully saturated rings. The fourth-order valence-electron chi connectivity index (χ4n) is 3.21. The summed E-state index contributed by atoms with van der Waals surface area (Å²) in [5, 5.41) is 39.3. The number of ether oxygens (including phenoxy) is 2. The van der Waals surface area contributed by atoms with Crippen molar-refractivity contribution in [2.45, 2.75) is 50.5 Å². The molecule has 28 heavy (non-hydrogen) atoms. The second kappa shape index (κ2) is 8.38. The Kier molecular flexibility index (Phi) is 6.11. The van der Waals surface area contributed by atoms with E-state index in [0.29, 0.717) is 16.7 Å². The van der Waals surface area contributed by atoms with Crippen molar-refractivity contribution in [3.63, 3.8) is 0 Å². The Bertz CT molecular complexity index is 904. The lowest BCUT2D eigenvalue weighted by Crippen LogP contribution is -2.59. The lowest BCUT2D eigenvalue weighted by molar-refractivity contribution is -0.292. The van der Waals surface area contributed by atoms with E-state index < -0.39 is 48.9 Å². The van der Waals surface area contributed by atoms with Gasteiger partial charge >= 0.3 is 11.6 Å². The van der Waals surface area contributed by atoms with Gasteiger partial charge < -0.3 is 34.3 Å². The van der Waals surface area contributed by atoms with Crippen LogP contribution in [0.5, 0.6) is 0 Å². The summed E-state index contributed by atoms with van der Waals surface area (Å²) >= 11 is 0. The number of aliphatic hydroxyl groups is 4. The van der Waals surface area contributed by atoms with E-state index in [1.54, 1.807) is 19.1 Å². The van der Waals surface area contributed by atoms with E-state index in [-0.39, 0.29) is 12.8 Å². The monoisotopic (exact) mass is 394 g/mol. The first-order valence-electron chi connectivity index (χ1n) is 8.84. The van der Waals surface area contributed by atoms with E-state index in [4.69, 9.17) is 19.0 Å². The molecule has 1 aliphatic rings. The zero-order chi connectivity index (χ0) is 20.4. The highest BCUT2D eigenvalue weighted by molar-refractivity contribution is 5.81. The van der Waals surface area contributed by atoms with Gasteiger partial charge in [-0.25, -0.2) is 4.79 Å². The third-order valence-corrected chi connectivity index (χ3v) is 4.87. The van der Waals surface area contributed by atoms with Crippen molar-refractivity contribution in [2.75, 3.05) is 6.61 Å². The van der Waals surface area contributed by atoms with Gasteiger partial charge in [-0.1, -0.05) is 18.2 Å². The quantitative estimate of drug-likeness (QED) is 0.385. The minimum absolute atomic E-state index is 0.0508. The Morgan fingerprint density at radius 3 is 2.57 bits per heavy atom. The second-order valence-corrected chi connectivity index (χ2v) is 6.68. The van der Waals surface area contributed by atoms with Gasteiger partial charge in [0.1, 0.15) is 30.0 Å². The maximum absolute atomic E-state index is 12.2. The molecule has 1 aromatic heterocycles. The van der Waals surface area contributed by atoms with Gasteiger partial charge in [-0.05, 0) is 25.0 Å². The minimum atomic E-state index is -1.67. The Balaban J connectivity index is 1.68. The molecule has 9 heteroatoms. The molecule has 9 nitrogen and oxygen atoms in total. The van der Waals surface area contributed by atoms with Crippen molar-refractivity contribution in [3.8, 4) is 0 Å². The van der Waals surface area contributed by atoms with Gasteiger partial charge in [-0.3, -0.25) is 4.79 Å². The third-order valence-electron chi connectivity index (χ3n) is 4.87. The molecule has 1 saturated heterocycles. The third kappa shape index (κ3) is 3.94. The number of aliphatic hydroxyl groups excluding tert-OH is 4. The van der Waals surface area contributed by atoms with Gasteiger partial charge in [0, 0.05) is 17.4 Å². The molecule has 2 aromatic rings. The summed E-state index contributed by atoms with van der Waals surface area (Å²) < 4.78 is 15.4. The Morgan fingerprint density at radius 2 is 1.86 bits per heavy atom. The molecule has 2 heterocycles. The molecule has 1 aliphatic heterocycles. The zero-order valence-corrected chi connectivity index (χ0v) is 15.1. The maximum Gasteiger partial charge on any atom is 0.339 e. The van der Waals surface area contributed by atoms with Crippen molar-refractivity contribution < 1.29 is 39.1 Å². The van der Waals surface area contributed by atoms with Crippen LogP contribution in [0.4, 0.5) is 0 Å². The van der Waals surface area contributed by atoms with E-state index in [2.05, 4.69) is 0 Å². The SMILES string of the molecule is Cc1c(CCC(=O)OC2O[C@H](CO)[C@H](O)[C@H](O)[C@H]2O)c(=O)oc2ccccc12. The summed E-state index contributed by atoms with van der Waals surface area (Å²) in [5.74, 6) is -0.781. The lowest BCUT2D eigenvalue weighted by atomic mass is 9.99. The lowest BCUT2D eigenvalue weighted by Gasteiger charge is -2.39. The van der Waals surface area contributed by atoms with E-state index in [1.165, 1.54) is 0 Å². The fourth-order valence-corrected chi connectivity index (χ4v) is 3.21. The topological polar surface area (TPSA) is 147 Å². The first-order chi connectivity index (χ1) is 13.3. The Hall–Kier alpha value is -2.30. The molecule has 0 aliphatic carbocycles. The highest BCUT2D eigenvalue weighted by atomic mass is 16.7. The van der Waals surface area contributed by atoms with Crippen LogP contribution in [0.15, 0.2) is 33.5 Å². The van der Waals surface area contributed by atoms with E-state index >= 15 is 0 Å². The predicted molar refractivity (Wildman–Crippen MR) is 95.4 cm³/mol. The van der Waals surface area contributed by atoms with Gasteiger partial charge in [0.25, 0.3) is 0 Å². The first kappa shape index (κ1) is 20.4. The van der Waals surface area contributed by atoms with Crippen LogP contribution in [0.3, 0.4) is 0 Å². The number of carbonyl (C=O) groups excluding carboxylic acids is 1. The first-order valence-corrected chi connectivity index (χ1v) is 8.84. The fraction of sp³-hybridized carbons (Fsp3) is 0.474. The normalized spacial score (nSPS) is 27.7. The average molecular weight is 394 g/mol. The maximum atomic E-state index is 12.2. The van der Waals surface area contributed by atoms with Gasteiger partial charge in [-0.15, -0.1) is 0 Å². The molecule has 1 unspecified atom stereocenters. The summed E-state index contributed by atoms with van der Waals surface area (Å²) in [5.41, 5.74) is 0.950. The van der Waals surface area contributed by atoms with E-state index in [0.717, 1.165) is 5.39 Å². The average Bonchev–Trinajstić information content (AvgIpc) is 2.68. The Labute approximate surface area is 159 Å². The van der Waals surface area contributed by atoms with Gasteiger partial charge in [-0.2, -0.15) is 0 Å². The number of carbonyl (C=O) groups is 1. The van der Waals surface area contributed by atoms with Gasteiger partial charge in [0.05, 0.1) is 6.61 Å². The second-order valence-electron chi connectivity index (χ2n) is 6.68. The number of hydrogen-bond acceptors (Lipinski definition) is 9. The van der Waals surface area contributed by atoms with Crippen molar-refractivity contribution in [1.29, 1.82) is 0 Å². The largest absolute Gasteiger partial charge is 0.433 e. The smallest absolute Gasteiger partial charge is 0.339 e. The van der Waals surface area contributed by atoms with Crippen molar-refractivity contribution in [3.05, 3.63) is 45.8 Å². The molecule has 0 spiro atoms. The molecule has 5 atom stereocenters. The van der Waals surface area contributed by atoms with Crippen LogP contribution in [-0.2, 0) is 20.7 Å². The molecule has 0 radical (unpaired) electrons. The van der Waals surface area contributed by atoms with Gasteiger partial charge in [0.2, 0.25) is 6.29 Å². The van der Waals surface area contributed by atoms with E-state index in [1.807, 2.05) is 12.1 Å². The molecule has 4 N–H and O–H groups in total. The molecule has 0 saturated carbocycles. The zero-order valence-electron chi connectivity index (χ0n) is 15.1. The number of hydrogen-bond donors (Lipinski definition) is 4. The number of aryl methyl sites for hydroxylation is 1. The highest BCUT2D eigenvalue weighted by Gasteiger charge is 2.45. The molecule has 0 amide bonds. The van der Waals surface area contributed by atoms with Crippen LogP contribution in [0.2, 0.25) is 0 Å². The summed E-state index contributed by atoms with van der Waals surface area (Å²) in [6.07, 6.45) is -7.72. The number of fused-ring (bicyclic) bond motifs is 1. The standard InChI is InChI=1S/C19H22O9/c1-9-10-4-2-3-5-12(10)26-18(25)11(9)6-7-14(21)28-19-17(24)16(23)15(22)13(8-20)27-19/h2-5,13,15-17,19-20,22-24H,6-8H2,1H3/t13-,15+,16+,17-,19?/m1/s1. The van der Waals surface area contributed by atoms with Crippen molar-refractivity contribution in [1.82, 2.24) is 0 Å². The van der Waals surface area contributed by atoms with Gasteiger partial charge in [0.15, 0.2) is 0 Å². The summed E-state index contributed by atoms with van der Waals surface area (Å²) in [7, 11) is 0. The number of benzene rings is 1. The van der Waals surface area contributed by atoms with Crippen LogP contribution >= 0.6 is 0 Å². The van der Waals surface area contributed by atoms with Crippen LogP contribution in [0, 0.1) is 6.92 Å². The molecule has 0 bridgehead atoms. The summed E-state index contributed by atoms with van der Waals surface area (Å²) in [6, 6.07) is 7.05. The number of para-hydroxylation sites is 1. The molecule has 3 rings (SSSR count). The van der Waals surface area contributed by atoms with E-state index in [9.17, 15) is 24.9 Å². The summed E-state index contributed by atoms with van der Waals surface area (Å²) in [6.45, 7) is 1.13. The molecule has 152 valence electrons. The van der Waals surface area contributed by atoms with Crippen LogP contribution in [-0.4, -0.2) is 63.7 Å². The van der Waals surface area contributed by atoms with Crippen molar-refractivity contribution in [2.24, 2.45) is 0 Å². The predicted octanol–water partition coefficient (Wildman–Crippen LogP) is -0.623. The highest BCUT2D eigenvalue weighted by Crippen LogP contribution is 2.23. The number of rotatable bonds is 5. The van der Waals surface area contributed by atoms with Crippen LogP contribution in [0.25, 0.3) is 11.0 Å². The van der Waals surface area contributed by atoms with Crippen LogP contribution < -0.4 is 5.63 Å². The minimum Gasteiger partial charge on any atom is -0.433 e. The molecular formula is C19H22O9. The van der Waals surface area contributed by atoms with Crippen LogP contribution in [0.1, 0.15) is 17.5 Å². The number of esters is 1. The van der Waals surface area contributed by atoms with Crippen molar-refractivity contribution >= 4 is 16.9 Å². The Morgan fingerprint density at radius 1 is 1.14 bits per heavy atom. The molecule has 1 aromatic carbocycles.